The molecule has 1 aromatic carbocycles. The highest BCUT2D eigenvalue weighted by molar-refractivity contribution is 6.32. The van der Waals surface area contributed by atoms with Gasteiger partial charge in [-0.05, 0) is 30.5 Å². The maximum Gasteiger partial charge on any atom is 0.312 e. The Hall–Kier alpha value is -1.06. The van der Waals surface area contributed by atoms with Crippen molar-refractivity contribution in [2.45, 2.75) is 19.8 Å². The van der Waals surface area contributed by atoms with Crippen LogP contribution in [0.4, 0.5) is 0 Å². The number of rotatable bonds is 3. The number of carboxylic acids is 1. The first-order valence-electron chi connectivity index (χ1n) is 4.67. The lowest BCUT2D eigenvalue weighted by Crippen LogP contribution is -2.21. The first-order valence-corrected chi connectivity index (χ1v) is 5.04. The summed E-state index contributed by atoms with van der Waals surface area (Å²) < 4.78 is 0. The maximum absolute atomic E-state index is 10.9. The van der Waals surface area contributed by atoms with Crippen LogP contribution in [-0.4, -0.2) is 17.6 Å². The number of carboxylic acid groups (broad SMARTS) is 1. The Morgan fingerprint density at radius 1 is 1.47 bits per heavy atom. The molecule has 0 heterocycles. The monoisotopic (exact) mass is 227 g/mol. The maximum atomic E-state index is 10.9. The molecule has 1 atom stereocenters. The Kier molecular flexibility index (Phi) is 3.72. The predicted molar refractivity (Wildman–Crippen MR) is 60.4 cm³/mol. The molecule has 1 aromatic rings. The lowest BCUT2D eigenvalue weighted by Gasteiger charge is -2.13. The third-order valence-electron chi connectivity index (χ3n) is 2.39. The van der Waals surface area contributed by atoms with E-state index in [9.17, 15) is 4.79 Å². The second kappa shape index (κ2) is 4.64. The van der Waals surface area contributed by atoms with Crippen LogP contribution in [0.1, 0.15) is 22.6 Å². The minimum absolute atomic E-state index is 0.0931. The molecule has 4 heteroatoms. The summed E-state index contributed by atoms with van der Waals surface area (Å²) in [6.45, 7) is 3.80. The summed E-state index contributed by atoms with van der Waals surface area (Å²) in [4.78, 5) is 10.9. The number of hydrogen-bond donors (Lipinski definition) is 2. The van der Waals surface area contributed by atoms with Gasteiger partial charge in [0.15, 0.2) is 0 Å². The summed E-state index contributed by atoms with van der Waals surface area (Å²) in [6, 6.07) is 3.56. The van der Waals surface area contributed by atoms with Crippen LogP contribution in [0, 0.1) is 13.8 Å². The largest absolute Gasteiger partial charge is 0.481 e. The van der Waals surface area contributed by atoms with Gasteiger partial charge >= 0.3 is 5.97 Å². The Morgan fingerprint density at radius 2 is 1.93 bits per heavy atom. The highest BCUT2D eigenvalue weighted by atomic mass is 35.5. The van der Waals surface area contributed by atoms with Gasteiger partial charge in [0, 0.05) is 11.6 Å². The fraction of sp³-hybridized carbons (Fsp3) is 0.364. The van der Waals surface area contributed by atoms with Gasteiger partial charge in [0.2, 0.25) is 0 Å². The Bertz CT molecular complexity index is 367. The van der Waals surface area contributed by atoms with E-state index in [1.165, 1.54) is 0 Å². The molecule has 0 aliphatic heterocycles. The zero-order chi connectivity index (χ0) is 11.6. The first-order chi connectivity index (χ1) is 6.97. The predicted octanol–water partition coefficient (Wildman–Crippen LogP) is 2.08. The van der Waals surface area contributed by atoms with Crippen molar-refractivity contribution in [3.05, 3.63) is 33.8 Å². The summed E-state index contributed by atoms with van der Waals surface area (Å²) in [6.07, 6.45) is 0. The fourth-order valence-electron chi connectivity index (χ4n) is 1.56. The van der Waals surface area contributed by atoms with Crippen LogP contribution in [0.2, 0.25) is 5.02 Å². The van der Waals surface area contributed by atoms with E-state index in [2.05, 4.69) is 0 Å². The Morgan fingerprint density at radius 3 is 2.27 bits per heavy atom. The molecule has 0 radical (unpaired) electrons. The average molecular weight is 228 g/mol. The van der Waals surface area contributed by atoms with Crippen molar-refractivity contribution in [2.75, 3.05) is 6.54 Å². The Balaban J connectivity index is 3.20. The smallest absolute Gasteiger partial charge is 0.312 e. The minimum atomic E-state index is -0.904. The molecule has 0 saturated heterocycles. The van der Waals surface area contributed by atoms with Crippen molar-refractivity contribution in [2.24, 2.45) is 5.73 Å². The molecule has 0 aromatic heterocycles. The lowest BCUT2D eigenvalue weighted by molar-refractivity contribution is -0.138. The molecule has 0 amide bonds. The van der Waals surface area contributed by atoms with Gasteiger partial charge in [-0.2, -0.15) is 0 Å². The third kappa shape index (κ3) is 2.49. The van der Waals surface area contributed by atoms with Crippen LogP contribution in [0.15, 0.2) is 12.1 Å². The standard InChI is InChI=1S/C11H14ClNO2/c1-6-3-8(4-7(2)10(6)12)9(5-13)11(14)15/h3-4,9H,5,13H2,1-2H3,(H,14,15). The number of carbonyl (C=O) groups is 1. The molecule has 1 rings (SSSR count). The third-order valence-corrected chi connectivity index (χ3v) is 2.99. The van der Waals surface area contributed by atoms with Crippen LogP contribution in [0.3, 0.4) is 0 Å². The molecule has 3 N–H and O–H groups in total. The number of benzene rings is 1. The van der Waals surface area contributed by atoms with Crippen molar-refractivity contribution in [1.82, 2.24) is 0 Å². The van der Waals surface area contributed by atoms with E-state index in [1.807, 2.05) is 13.8 Å². The topological polar surface area (TPSA) is 63.3 Å². The Labute approximate surface area is 93.9 Å². The van der Waals surface area contributed by atoms with Crippen LogP contribution in [-0.2, 0) is 4.79 Å². The molecule has 0 saturated carbocycles. The van der Waals surface area contributed by atoms with Crippen LogP contribution in [0.25, 0.3) is 0 Å². The van der Waals surface area contributed by atoms with Gasteiger partial charge < -0.3 is 10.8 Å². The van der Waals surface area contributed by atoms with Gasteiger partial charge in [-0.1, -0.05) is 23.7 Å². The summed E-state index contributed by atoms with van der Waals surface area (Å²) >= 11 is 6.00. The van der Waals surface area contributed by atoms with E-state index in [4.69, 9.17) is 22.4 Å². The van der Waals surface area contributed by atoms with E-state index < -0.39 is 11.9 Å². The molecule has 0 aliphatic rings. The SMILES string of the molecule is Cc1cc(C(CN)C(=O)O)cc(C)c1Cl. The van der Waals surface area contributed by atoms with E-state index in [0.29, 0.717) is 10.6 Å². The molecule has 0 bridgehead atoms. The minimum Gasteiger partial charge on any atom is -0.481 e. The molecule has 1 unspecified atom stereocenters. The molecular formula is C11H14ClNO2. The zero-order valence-corrected chi connectivity index (χ0v) is 9.51. The van der Waals surface area contributed by atoms with Gasteiger partial charge in [0.05, 0.1) is 5.92 Å². The quantitative estimate of drug-likeness (QED) is 0.831. The first kappa shape index (κ1) is 12.0. The van der Waals surface area contributed by atoms with Gasteiger partial charge in [0.1, 0.15) is 0 Å². The zero-order valence-electron chi connectivity index (χ0n) is 8.75. The van der Waals surface area contributed by atoms with Crippen molar-refractivity contribution < 1.29 is 9.90 Å². The average Bonchev–Trinajstić information content (AvgIpc) is 2.14. The van der Waals surface area contributed by atoms with Gasteiger partial charge in [-0.25, -0.2) is 0 Å². The van der Waals surface area contributed by atoms with Crippen molar-refractivity contribution >= 4 is 17.6 Å². The fourth-order valence-corrected chi connectivity index (χ4v) is 1.67. The molecule has 0 spiro atoms. The van der Waals surface area contributed by atoms with Gasteiger partial charge in [-0.3, -0.25) is 4.79 Å². The van der Waals surface area contributed by atoms with E-state index >= 15 is 0 Å². The summed E-state index contributed by atoms with van der Waals surface area (Å²) in [5.41, 5.74) is 7.90. The number of aryl methyl sites for hydroxylation is 2. The van der Waals surface area contributed by atoms with Crippen molar-refractivity contribution in [3.8, 4) is 0 Å². The number of aliphatic carboxylic acids is 1. The molecule has 82 valence electrons. The van der Waals surface area contributed by atoms with Crippen molar-refractivity contribution in [3.63, 3.8) is 0 Å². The molecule has 15 heavy (non-hydrogen) atoms. The highest BCUT2D eigenvalue weighted by Gasteiger charge is 2.19. The van der Waals surface area contributed by atoms with Crippen LogP contribution >= 0.6 is 11.6 Å². The van der Waals surface area contributed by atoms with Crippen LogP contribution < -0.4 is 5.73 Å². The van der Waals surface area contributed by atoms with Crippen LogP contribution in [0.5, 0.6) is 0 Å². The van der Waals surface area contributed by atoms with E-state index in [1.54, 1.807) is 12.1 Å². The van der Waals surface area contributed by atoms with Crippen molar-refractivity contribution in [1.29, 1.82) is 0 Å². The molecular weight excluding hydrogens is 214 g/mol. The number of nitrogens with two attached hydrogens (primary N) is 1. The second-order valence-electron chi connectivity index (χ2n) is 3.60. The summed E-state index contributed by atoms with van der Waals surface area (Å²) in [5.74, 6) is -1.56. The second-order valence-corrected chi connectivity index (χ2v) is 3.97. The number of halogens is 1. The van der Waals surface area contributed by atoms with Gasteiger partial charge in [0.25, 0.3) is 0 Å². The molecule has 0 fully saturated rings. The summed E-state index contributed by atoms with van der Waals surface area (Å²) in [7, 11) is 0. The van der Waals surface area contributed by atoms with Gasteiger partial charge in [-0.15, -0.1) is 0 Å². The summed E-state index contributed by atoms with van der Waals surface area (Å²) in [5, 5.41) is 9.65. The molecule has 3 nitrogen and oxygen atoms in total. The number of hydrogen-bond acceptors (Lipinski definition) is 2. The lowest BCUT2D eigenvalue weighted by atomic mass is 9.96. The van der Waals surface area contributed by atoms with E-state index in [-0.39, 0.29) is 6.54 Å². The molecule has 0 aliphatic carbocycles. The van der Waals surface area contributed by atoms with E-state index in [0.717, 1.165) is 11.1 Å². The normalized spacial score (nSPS) is 12.5. The highest BCUT2D eigenvalue weighted by Crippen LogP contribution is 2.25.